The number of carbonyl (C=O) groups excluding carboxylic acids is 2. The lowest BCUT2D eigenvalue weighted by Crippen LogP contribution is -2.22. The Labute approximate surface area is 192 Å². The molecule has 1 amide bonds. The van der Waals surface area contributed by atoms with E-state index in [0.717, 1.165) is 21.8 Å². The maximum absolute atomic E-state index is 12.6. The SMILES string of the molecule is N#Cc1cnn(-c2ccccc2)c1NC(=O)COC(=O)c1cc2c(s1)-c1ccccc1OC2. The smallest absolute Gasteiger partial charge is 0.348 e. The molecule has 0 aliphatic carbocycles. The topological polar surface area (TPSA) is 106 Å². The Balaban J connectivity index is 1.28. The number of anilines is 1. The fourth-order valence-corrected chi connectivity index (χ4v) is 4.58. The average molecular weight is 456 g/mol. The van der Waals surface area contributed by atoms with Crippen molar-refractivity contribution < 1.29 is 19.1 Å². The van der Waals surface area contributed by atoms with Crippen LogP contribution in [0.25, 0.3) is 16.1 Å². The first kappa shape index (κ1) is 20.5. The van der Waals surface area contributed by atoms with Gasteiger partial charge in [-0.2, -0.15) is 10.4 Å². The van der Waals surface area contributed by atoms with Crippen LogP contribution in [-0.2, 0) is 16.1 Å². The van der Waals surface area contributed by atoms with Gasteiger partial charge < -0.3 is 14.8 Å². The van der Waals surface area contributed by atoms with Crippen molar-refractivity contribution in [3.8, 4) is 27.9 Å². The molecule has 8 nitrogen and oxygen atoms in total. The molecule has 0 bridgehead atoms. The van der Waals surface area contributed by atoms with Crippen LogP contribution < -0.4 is 10.1 Å². The minimum Gasteiger partial charge on any atom is -0.488 e. The molecule has 0 spiro atoms. The van der Waals surface area contributed by atoms with Crippen LogP contribution in [0.5, 0.6) is 5.75 Å². The second-order valence-electron chi connectivity index (χ2n) is 7.14. The zero-order valence-electron chi connectivity index (χ0n) is 17.1. The molecule has 5 rings (SSSR count). The van der Waals surface area contributed by atoms with Crippen molar-refractivity contribution >= 4 is 29.0 Å². The predicted molar refractivity (Wildman–Crippen MR) is 121 cm³/mol. The number of nitrogens with one attached hydrogen (secondary N) is 1. The normalized spacial score (nSPS) is 11.5. The summed E-state index contributed by atoms with van der Waals surface area (Å²) in [5.41, 5.74) is 2.71. The van der Waals surface area contributed by atoms with Crippen LogP contribution in [0.15, 0.2) is 66.9 Å². The van der Waals surface area contributed by atoms with Gasteiger partial charge in [-0.05, 0) is 30.3 Å². The second kappa shape index (κ2) is 8.61. The second-order valence-corrected chi connectivity index (χ2v) is 8.19. The summed E-state index contributed by atoms with van der Waals surface area (Å²) in [6.07, 6.45) is 1.37. The summed E-state index contributed by atoms with van der Waals surface area (Å²) in [5.74, 6) is -0.189. The van der Waals surface area contributed by atoms with Gasteiger partial charge >= 0.3 is 5.97 Å². The fourth-order valence-electron chi connectivity index (χ4n) is 3.49. The molecule has 4 aromatic rings. The number of amides is 1. The van der Waals surface area contributed by atoms with E-state index >= 15 is 0 Å². The third-order valence-corrected chi connectivity index (χ3v) is 6.20. The van der Waals surface area contributed by atoms with Gasteiger partial charge in [0.15, 0.2) is 12.4 Å². The lowest BCUT2D eigenvalue weighted by molar-refractivity contribution is -0.119. The van der Waals surface area contributed by atoms with E-state index in [9.17, 15) is 14.9 Å². The minimum atomic E-state index is -0.598. The molecular formula is C24H16N4O4S. The first-order valence-corrected chi connectivity index (χ1v) is 10.8. The van der Waals surface area contributed by atoms with Crippen LogP contribution in [0.2, 0.25) is 0 Å². The molecule has 0 saturated carbocycles. The van der Waals surface area contributed by atoms with Gasteiger partial charge in [-0.3, -0.25) is 4.79 Å². The van der Waals surface area contributed by atoms with E-state index in [-0.39, 0.29) is 11.4 Å². The molecule has 0 unspecified atom stereocenters. The average Bonchev–Trinajstić information content (AvgIpc) is 3.47. The Bertz CT molecular complexity index is 1400. The molecule has 3 heterocycles. The molecular weight excluding hydrogens is 440 g/mol. The number of nitriles is 1. The number of aromatic nitrogens is 2. The van der Waals surface area contributed by atoms with Gasteiger partial charge in [-0.15, -0.1) is 11.3 Å². The first-order valence-electron chi connectivity index (χ1n) is 9.99. The fraction of sp³-hybridized carbons (Fsp3) is 0.0833. The summed E-state index contributed by atoms with van der Waals surface area (Å²) in [6, 6.07) is 20.4. The molecule has 0 atom stereocenters. The third-order valence-electron chi connectivity index (χ3n) is 5.01. The molecule has 2 aromatic heterocycles. The largest absolute Gasteiger partial charge is 0.488 e. The number of nitrogens with zero attached hydrogens (tertiary/aromatic N) is 3. The van der Waals surface area contributed by atoms with E-state index in [1.54, 1.807) is 18.2 Å². The van der Waals surface area contributed by atoms with Crippen molar-refractivity contribution in [2.75, 3.05) is 11.9 Å². The summed E-state index contributed by atoms with van der Waals surface area (Å²) in [7, 11) is 0. The molecule has 0 fully saturated rings. The van der Waals surface area contributed by atoms with Gasteiger partial charge in [0.05, 0.1) is 11.9 Å². The molecule has 1 N–H and O–H groups in total. The van der Waals surface area contributed by atoms with Crippen molar-refractivity contribution in [2.45, 2.75) is 6.61 Å². The number of benzene rings is 2. The number of hydrogen-bond acceptors (Lipinski definition) is 7. The Kier molecular flexibility index (Phi) is 5.34. The summed E-state index contributed by atoms with van der Waals surface area (Å²) >= 11 is 1.31. The maximum Gasteiger partial charge on any atom is 0.348 e. The molecule has 9 heteroatoms. The van der Waals surface area contributed by atoms with Gasteiger partial charge in [0, 0.05) is 16.0 Å². The summed E-state index contributed by atoms with van der Waals surface area (Å²) in [4.78, 5) is 26.4. The van der Waals surface area contributed by atoms with Crippen molar-refractivity contribution in [3.63, 3.8) is 0 Å². The van der Waals surface area contributed by atoms with Gasteiger partial charge in [0.25, 0.3) is 5.91 Å². The number of hydrogen-bond donors (Lipinski definition) is 1. The van der Waals surface area contributed by atoms with Crippen molar-refractivity contribution in [3.05, 3.63) is 82.9 Å². The molecule has 0 radical (unpaired) electrons. The summed E-state index contributed by atoms with van der Waals surface area (Å²) in [5, 5.41) is 16.2. The standard InChI is InChI=1S/C24H16N4O4S/c25-11-16-12-26-28(17-6-2-1-3-7-17)23(16)27-21(29)14-32-24(30)20-10-15-13-31-19-9-5-4-8-18(19)22(15)33-20/h1-10,12H,13-14H2,(H,27,29). The lowest BCUT2D eigenvalue weighted by atomic mass is 10.1. The molecule has 0 saturated heterocycles. The Hall–Kier alpha value is -4.42. The van der Waals surface area contributed by atoms with E-state index in [1.165, 1.54) is 22.2 Å². The van der Waals surface area contributed by atoms with Crippen molar-refractivity contribution in [1.29, 1.82) is 5.26 Å². The van der Waals surface area contributed by atoms with Crippen molar-refractivity contribution in [2.24, 2.45) is 0 Å². The highest BCUT2D eigenvalue weighted by molar-refractivity contribution is 7.17. The van der Waals surface area contributed by atoms with E-state index < -0.39 is 18.5 Å². The highest BCUT2D eigenvalue weighted by Gasteiger charge is 2.24. The Morgan fingerprint density at radius 2 is 1.97 bits per heavy atom. The number of carbonyl (C=O) groups is 2. The summed E-state index contributed by atoms with van der Waals surface area (Å²) in [6.45, 7) is -0.129. The van der Waals surface area contributed by atoms with Crippen LogP contribution in [-0.4, -0.2) is 28.3 Å². The Morgan fingerprint density at radius 3 is 2.79 bits per heavy atom. The van der Waals surface area contributed by atoms with Crippen LogP contribution in [0.1, 0.15) is 20.8 Å². The zero-order chi connectivity index (χ0) is 22.8. The minimum absolute atomic E-state index is 0.197. The summed E-state index contributed by atoms with van der Waals surface area (Å²) < 4.78 is 12.4. The van der Waals surface area contributed by atoms with Crippen LogP contribution >= 0.6 is 11.3 Å². The first-order chi connectivity index (χ1) is 16.1. The van der Waals surface area contributed by atoms with Crippen LogP contribution in [0.3, 0.4) is 0 Å². The number of fused-ring (bicyclic) bond motifs is 3. The van der Waals surface area contributed by atoms with E-state index in [4.69, 9.17) is 9.47 Å². The van der Waals surface area contributed by atoms with Gasteiger partial charge in [0.1, 0.15) is 28.9 Å². The zero-order valence-corrected chi connectivity index (χ0v) is 18.0. The maximum atomic E-state index is 12.6. The van der Waals surface area contributed by atoms with Gasteiger partial charge in [-0.25, -0.2) is 9.48 Å². The third kappa shape index (κ3) is 3.95. The molecule has 33 heavy (non-hydrogen) atoms. The van der Waals surface area contributed by atoms with Gasteiger partial charge in [-0.1, -0.05) is 30.3 Å². The number of thiophene rings is 1. The van der Waals surface area contributed by atoms with Crippen molar-refractivity contribution in [1.82, 2.24) is 9.78 Å². The highest BCUT2D eigenvalue weighted by atomic mass is 32.1. The number of esters is 1. The molecule has 162 valence electrons. The number of rotatable bonds is 5. The van der Waals surface area contributed by atoms with Crippen LogP contribution in [0.4, 0.5) is 5.82 Å². The quantitative estimate of drug-likeness (QED) is 0.452. The monoisotopic (exact) mass is 456 g/mol. The Morgan fingerprint density at radius 1 is 1.18 bits per heavy atom. The van der Waals surface area contributed by atoms with E-state index in [1.807, 2.05) is 48.5 Å². The lowest BCUT2D eigenvalue weighted by Gasteiger charge is -2.16. The molecule has 1 aliphatic rings. The van der Waals surface area contributed by atoms with E-state index in [0.29, 0.717) is 17.2 Å². The van der Waals surface area contributed by atoms with Crippen LogP contribution in [0, 0.1) is 11.3 Å². The molecule has 1 aliphatic heterocycles. The molecule has 2 aromatic carbocycles. The highest BCUT2D eigenvalue weighted by Crippen LogP contribution is 2.42. The number of para-hydroxylation sites is 2. The van der Waals surface area contributed by atoms with Gasteiger partial charge in [0.2, 0.25) is 0 Å². The predicted octanol–water partition coefficient (Wildman–Crippen LogP) is 4.16. The number of ether oxygens (including phenoxy) is 2. The van der Waals surface area contributed by atoms with E-state index in [2.05, 4.69) is 10.4 Å².